The minimum atomic E-state index is -3.33. The third-order valence-electron chi connectivity index (χ3n) is 1.68. The molecule has 64 valence electrons. The summed E-state index contributed by atoms with van der Waals surface area (Å²) in [4.78, 5) is 10.3. The topological polar surface area (TPSA) is 91.7 Å². The van der Waals surface area contributed by atoms with E-state index in [0.29, 0.717) is 0 Å². The summed E-state index contributed by atoms with van der Waals surface area (Å²) in [5.41, 5.74) is -2.04. The Hall–Kier alpha value is -0.620. The molecule has 11 heavy (non-hydrogen) atoms. The molecular formula is C5H8O5S. The fourth-order valence-electron chi connectivity index (χ4n) is 1.00. The van der Waals surface area contributed by atoms with E-state index < -0.39 is 27.2 Å². The number of rotatable bonds is 1. The average Bonchev–Trinajstić information content (AvgIpc) is 2.08. The molecule has 0 amide bonds. The SMILES string of the molecule is O=C(O)C1(O)CCS(=O)(=O)C1. The number of hydrogen-bond acceptors (Lipinski definition) is 4. The zero-order valence-electron chi connectivity index (χ0n) is 5.65. The highest BCUT2D eigenvalue weighted by Gasteiger charge is 2.46. The molecule has 0 aromatic rings. The molecule has 1 saturated heterocycles. The number of carbonyl (C=O) groups is 1. The maximum atomic E-state index is 10.7. The number of aliphatic hydroxyl groups is 1. The van der Waals surface area contributed by atoms with Gasteiger partial charge in [-0.2, -0.15) is 0 Å². The highest BCUT2D eigenvalue weighted by molar-refractivity contribution is 7.91. The highest BCUT2D eigenvalue weighted by atomic mass is 32.2. The minimum absolute atomic E-state index is 0.204. The Kier molecular flexibility index (Phi) is 1.68. The summed E-state index contributed by atoms with van der Waals surface area (Å²) in [6, 6.07) is 0. The van der Waals surface area contributed by atoms with Gasteiger partial charge >= 0.3 is 5.97 Å². The van der Waals surface area contributed by atoms with Crippen molar-refractivity contribution in [3.63, 3.8) is 0 Å². The third-order valence-corrected chi connectivity index (χ3v) is 3.43. The van der Waals surface area contributed by atoms with Gasteiger partial charge < -0.3 is 10.2 Å². The van der Waals surface area contributed by atoms with Crippen molar-refractivity contribution in [1.82, 2.24) is 0 Å². The predicted octanol–water partition coefficient (Wildman–Crippen LogP) is -1.38. The summed E-state index contributed by atoms with van der Waals surface area (Å²) in [6.07, 6.45) is -0.204. The van der Waals surface area contributed by atoms with Gasteiger partial charge in [0.25, 0.3) is 0 Å². The van der Waals surface area contributed by atoms with E-state index in [1.54, 1.807) is 0 Å². The van der Waals surface area contributed by atoms with Crippen LogP contribution in [0.4, 0.5) is 0 Å². The van der Waals surface area contributed by atoms with Crippen LogP contribution in [-0.2, 0) is 14.6 Å². The van der Waals surface area contributed by atoms with E-state index in [2.05, 4.69) is 0 Å². The van der Waals surface area contributed by atoms with E-state index in [-0.39, 0.29) is 12.2 Å². The maximum absolute atomic E-state index is 10.7. The van der Waals surface area contributed by atoms with Gasteiger partial charge in [-0.05, 0) is 0 Å². The zero-order chi connectivity index (χ0) is 8.70. The summed E-state index contributed by atoms with van der Waals surface area (Å²) in [6.45, 7) is 0. The second-order valence-corrected chi connectivity index (χ2v) is 4.86. The molecule has 0 saturated carbocycles. The summed E-state index contributed by atoms with van der Waals surface area (Å²) in [5, 5.41) is 17.5. The van der Waals surface area contributed by atoms with E-state index in [9.17, 15) is 13.2 Å². The third kappa shape index (κ3) is 1.51. The largest absolute Gasteiger partial charge is 0.479 e. The first-order valence-corrected chi connectivity index (χ1v) is 4.84. The van der Waals surface area contributed by atoms with Gasteiger partial charge in [-0.25, -0.2) is 13.2 Å². The number of sulfone groups is 1. The van der Waals surface area contributed by atoms with Crippen LogP contribution in [0.15, 0.2) is 0 Å². The molecule has 1 aliphatic rings. The van der Waals surface area contributed by atoms with Crippen molar-refractivity contribution in [3.05, 3.63) is 0 Å². The fourth-order valence-corrected chi connectivity index (χ4v) is 2.79. The second kappa shape index (κ2) is 2.18. The molecule has 1 rings (SSSR count). The van der Waals surface area contributed by atoms with Crippen LogP contribution in [0.1, 0.15) is 6.42 Å². The standard InChI is InChI=1S/C5H8O5S/c6-4(7)5(8)1-2-11(9,10)3-5/h8H,1-3H2,(H,6,7). The monoisotopic (exact) mass is 180 g/mol. The van der Waals surface area contributed by atoms with E-state index in [1.807, 2.05) is 0 Å². The lowest BCUT2D eigenvalue weighted by Crippen LogP contribution is -2.39. The van der Waals surface area contributed by atoms with E-state index in [0.717, 1.165) is 0 Å². The number of carboxylic acids is 1. The Morgan fingerprint density at radius 2 is 2.00 bits per heavy atom. The lowest BCUT2D eigenvalue weighted by molar-refractivity contribution is -0.155. The van der Waals surface area contributed by atoms with Crippen molar-refractivity contribution in [1.29, 1.82) is 0 Å². The first-order chi connectivity index (χ1) is 4.86. The van der Waals surface area contributed by atoms with Gasteiger partial charge in [0.1, 0.15) is 0 Å². The smallest absolute Gasteiger partial charge is 0.336 e. The number of aliphatic carboxylic acids is 1. The summed E-state index contributed by atoms with van der Waals surface area (Å²) in [5.74, 6) is -2.36. The van der Waals surface area contributed by atoms with Crippen molar-refractivity contribution in [2.75, 3.05) is 11.5 Å². The maximum Gasteiger partial charge on any atom is 0.336 e. The highest BCUT2D eigenvalue weighted by Crippen LogP contribution is 2.23. The van der Waals surface area contributed by atoms with Crippen LogP contribution in [0.5, 0.6) is 0 Å². The molecule has 2 N–H and O–H groups in total. The second-order valence-electron chi connectivity index (χ2n) is 2.68. The van der Waals surface area contributed by atoms with Gasteiger partial charge in [-0.15, -0.1) is 0 Å². The molecule has 0 radical (unpaired) electrons. The molecule has 1 fully saturated rings. The Morgan fingerprint density at radius 3 is 2.18 bits per heavy atom. The van der Waals surface area contributed by atoms with E-state index in [1.165, 1.54) is 0 Å². The van der Waals surface area contributed by atoms with E-state index >= 15 is 0 Å². The van der Waals surface area contributed by atoms with Crippen molar-refractivity contribution in [3.8, 4) is 0 Å². The Balaban J connectivity index is 2.90. The van der Waals surface area contributed by atoms with Crippen LogP contribution in [-0.4, -0.2) is 41.7 Å². The molecule has 6 heteroatoms. The molecule has 1 aliphatic heterocycles. The minimum Gasteiger partial charge on any atom is -0.479 e. The number of carboxylic acid groups (broad SMARTS) is 1. The lowest BCUT2D eigenvalue weighted by atomic mass is 10.1. The molecule has 0 aromatic carbocycles. The molecule has 0 aromatic heterocycles. The molecule has 1 heterocycles. The molecule has 0 bridgehead atoms. The molecule has 5 nitrogen and oxygen atoms in total. The van der Waals surface area contributed by atoms with Gasteiger partial charge in [0.05, 0.1) is 11.5 Å². The molecule has 0 aliphatic carbocycles. The average molecular weight is 180 g/mol. The van der Waals surface area contributed by atoms with Crippen LogP contribution in [0, 0.1) is 0 Å². The van der Waals surface area contributed by atoms with Gasteiger partial charge in [-0.3, -0.25) is 0 Å². The summed E-state index contributed by atoms with van der Waals surface area (Å²) in [7, 11) is -3.33. The Morgan fingerprint density at radius 1 is 1.45 bits per heavy atom. The lowest BCUT2D eigenvalue weighted by Gasteiger charge is -2.12. The Bertz CT molecular complexity index is 279. The molecule has 1 atom stereocenters. The van der Waals surface area contributed by atoms with Gasteiger partial charge in [0, 0.05) is 6.42 Å². The van der Waals surface area contributed by atoms with Crippen molar-refractivity contribution in [2.45, 2.75) is 12.0 Å². The van der Waals surface area contributed by atoms with Crippen molar-refractivity contribution in [2.24, 2.45) is 0 Å². The predicted molar refractivity (Wildman–Crippen MR) is 35.9 cm³/mol. The van der Waals surface area contributed by atoms with Crippen LogP contribution < -0.4 is 0 Å². The Labute approximate surface area is 63.6 Å². The van der Waals surface area contributed by atoms with Crippen LogP contribution in [0.3, 0.4) is 0 Å². The van der Waals surface area contributed by atoms with Crippen LogP contribution in [0.25, 0.3) is 0 Å². The first-order valence-electron chi connectivity index (χ1n) is 3.02. The number of hydrogen-bond donors (Lipinski definition) is 2. The molecule has 0 spiro atoms. The van der Waals surface area contributed by atoms with Crippen molar-refractivity contribution >= 4 is 15.8 Å². The van der Waals surface area contributed by atoms with Gasteiger partial charge in [0.15, 0.2) is 15.4 Å². The normalized spacial score (nSPS) is 35.4. The zero-order valence-corrected chi connectivity index (χ0v) is 6.47. The van der Waals surface area contributed by atoms with Crippen LogP contribution >= 0.6 is 0 Å². The fraction of sp³-hybridized carbons (Fsp3) is 0.800. The van der Waals surface area contributed by atoms with Gasteiger partial charge in [0.2, 0.25) is 0 Å². The van der Waals surface area contributed by atoms with E-state index in [4.69, 9.17) is 10.2 Å². The molecule has 1 unspecified atom stereocenters. The molecular weight excluding hydrogens is 172 g/mol. The summed E-state index contributed by atoms with van der Waals surface area (Å²) < 4.78 is 21.5. The van der Waals surface area contributed by atoms with Crippen LogP contribution in [0.2, 0.25) is 0 Å². The summed E-state index contributed by atoms with van der Waals surface area (Å²) >= 11 is 0. The quantitative estimate of drug-likeness (QED) is 0.519. The van der Waals surface area contributed by atoms with Crippen molar-refractivity contribution < 1.29 is 23.4 Å². The van der Waals surface area contributed by atoms with Gasteiger partial charge in [-0.1, -0.05) is 0 Å². The first kappa shape index (κ1) is 8.48.